The lowest BCUT2D eigenvalue weighted by Gasteiger charge is -2.07. The van der Waals surface area contributed by atoms with E-state index < -0.39 is 10.8 Å². The van der Waals surface area contributed by atoms with Gasteiger partial charge in [-0.3, -0.25) is 9.48 Å². The van der Waals surface area contributed by atoms with Crippen LogP contribution >= 0.6 is 0 Å². The maximum absolute atomic E-state index is 12.3. The second-order valence-corrected chi connectivity index (χ2v) is 6.64. The number of amides is 1. The molecule has 2 heterocycles. The van der Waals surface area contributed by atoms with Gasteiger partial charge in [0.15, 0.2) is 12.4 Å². The average molecular weight is 390 g/mol. The van der Waals surface area contributed by atoms with Crippen LogP contribution in [0, 0.1) is 17.0 Å². The number of carbonyl (C=O) groups excluding carboxylic acids is 1. The maximum Gasteiger partial charge on any atom is 0.345 e. The molecule has 9 nitrogen and oxygen atoms in total. The molecule has 0 spiro atoms. The quantitative estimate of drug-likeness (QED) is 0.402. The topological polar surface area (TPSA) is 108 Å². The van der Waals surface area contributed by atoms with Crippen LogP contribution < -0.4 is 5.32 Å². The molecule has 9 heteroatoms. The Morgan fingerprint density at radius 3 is 2.76 bits per heavy atom. The SMILES string of the molecule is Cc1cc([N+](=O)[O-])n(CC(=O)Nc2ccn(Cc3cccc4ccccc34)n2)n1. The summed E-state index contributed by atoms with van der Waals surface area (Å²) in [6.45, 7) is 1.93. The minimum absolute atomic E-state index is 0.223. The van der Waals surface area contributed by atoms with Gasteiger partial charge in [0, 0.05) is 12.3 Å². The molecule has 4 aromatic rings. The number of aryl methyl sites for hydroxylation is 1. The summed E-state index contributed by atoms with van der Waals surface area (Å²) in [6, 6.07) is 17.2. The van der Waals surface area contributed by atoms with Gasteiger partial charge in [-0.05, 0) is 28.2 Å². The van der Waals surface area contributed by atoms with Crippen molar-refractivity contribution in [1.82, 2.24) is 19.6 Å². The van der Waals surface area contributed by atoms with Crippen LogP contribution in [0.15, 0.2) is 60.8 Å². The van der Waals surface area contributed by atoms with Crippen molar-refractivity contribution >= 4 is 28.3 Å². The van der Waals surface area contributed by atoms with Gasteiger partial charge in [-0.25, -0.2) is 0 Å². The van der Waals surface area contributed by atoms with E-state index in [0.29, 0.717) is 18.1 Å². The molecule has 0 radical (unpaired) electrons. The Morgan fingerprint density at radius 1 is 1.14 bits per heavy atom. The second kappa shape index (κ2) is 7.55. The molecule has 4 rings (SSSR count). The minimum atomic E-state index is -0.563. The highest BCUT2D eigenvalue weighted by atomic mass is 16.6. The van der Waals surface area contributed by atoms with Crippen molar-refractivity contribution in [1.29, 1.82) is 0 Å². The summed E-state index contributed by atoms with van der Waals surface area (Å²) in [6.07, 6.45) is 1.78. The Kier molecular flexibility index (Phi) is 4.78. The van der Waals surface area contributed by atoms with Gasteiger partial charge >= 0.3 is 5.82 Å². The number of hydrogen-bond acceptors (Lipinski definition) is 5. The monoisotopic (exact) mass is 390 g/mol. The van der Waals surface area contributed by atoms with Gasteiger partial charge in [0.2, 0.25) is 0 Å². The van der Waals surface area contributed by atoms with E-state index in [2.05, 4.69) is 33.7 Å². The highest BCUT2D eigenvalue weighted by Crippen LogP contribution is 2.19. The summed E-state index contributed by atoms with van der Waals surface area (Å²) < 4.78 is 2.80. The number of nitro groups is 1. The van der Waals surface area contributed by atoms with Crippen molar-refractivity contribution in [2.24, 2.45) is 0 Å². The van der Waals surface area contributed by atoms with Gasteiger partial charge in [-0.1, -0.05) is 47.6 Å². The molecule has 0 aliphatic heterocycles. The van der Waals surface area contributed by atoms with Crippen molar-refractivity contribution in [2.75, 3.05) is 5.32 Å². The third-order valence-electron chi connectivity index (χ3n) is 4.48. The van der Waals surface area contributed by atoms with Gasteiger partial charge in [0.25, 0.3) is 5.91 Å². The normalized spacial score (nSPS) is 10.9. The van der Waals surface area contributed by atoms with Crippen molar-refractivity contribution in [2.45, 2.75) is 20.0 Å². The molecule has 1 N–H and O–H groups in total. The average Bonchev–Trinajstić information content (AvgIpc) is 3.28. The fourth-order valence-corrected chi connectivity index (χ4v) is 3.23. The summed E-state index contributed by atoms with van der Waals surface area (Å²) in [5.41, 5.74) is 1.59. The zero-order valence-corrected chi connectivity index (χ0v) is 15.6. The van der Waals surface area contributed by atoms with Crippen molar-refractivity contribution in [3.05, 3.63) is 82.2 Å². The fourth-order valence-electron chi connectivity index (χ4n) is 3.23. The van der Waals surface area contributed by atoms with Crippen LogP contribution in [0.3, 0.4) is 0 Å². The number of rotatable bonds is 6. The highest BCUT2D eigenvalue weighted by molar-refractivity contribution is 5.89. The van der Waals surface area contributed by atoms with E-state index in [0.717, 1.165) is 21.0 Å². The van der Waals surface area contributed by atoms with Gasteiger partial charge in [0.05, 0.1) is 18.3 Å². The van der Waals surface area contributed by atoms with E-state index in [1.54, 1.807) is 23.9 Å². The number of hydrogen-bond donors (Lipinski definition) is 1. The molecule has 0 saturated heterocycles. The predicted octanol–water partition coefficient (Wildman–Crippen LogP) is 3.14. The minimum Gasteiger partial charge on any atom is -0.358 e. The molecule has 0 bridgehead atoms. The molecule has 0 fully saturated rings. The molecule has 0 atom stereocenters. The molecule has 2 aromatic heterocycles. The number of nitrogens with zero attached hydrogens (tertiary/aromatic N) is 5. The first-order valence-corrected chi connectivity index (χ1v) is 8.98. The lowest BCUT2D eigenvalue weighted by Crippen LogP contribution is -2.21. The van der Waals surface area contributed by atoms with Gasteiger partial charge in [0.1, 0.15) is 0 Å². The summed E-state index contributed by atoms with van der Waals surface area (Å²) >= 11 is 0. The number of carbonyl (C=O) groups is 1. The Hall–Kier alpha value is -4.01. The highest BCUT2D eigenvalue weighted by Gasteiger charge is 2.20. The first-order valence-electron chi connectivity index (χ1n) is 8.98. The van der Waals surface area contributed by atoms with Crippen molar-refractivity contribution in [3.8, 4) is 0 Å². The van der Waals surface area contributed by atoms with Gasteiger partial charge < -0.3 is 15.4 Å². The Morgan fingerprint density at radius 2 is 1.93 bits per heavy atom. The van der Waals surface area contributed by atoms with Crippen LogP contribution in [0.2, 0.25) is 0 Å². The van der Waals surface area contributed by atoms with E-state index in [-0.39, 0.29) is 12.4 Å². The summed E-state index contributed by atoms with van der Waals surface area (Å²) in [5.74, 6) is -0.285. The molecular weight excluding hydrogens is 372 g/mol. The molecule has 0 aliphatic rings. The zero-order chi connectivity index (χ0) is 20.4. The maximum atomic E-state index is 12.3. The molecule has 146 valence electrons. The Bertz CT molecular complexity index is 1200. The number of nitrogens with one attached hydrogen (secondary N) is 1. The number of benzene rings is 2. The third kappa shape index (κ3) is 3.98. The molecular formula is C20H18N6O3. The molecule has 0 saturated carbocycles. The number of anilines is 1. The van der Waals surface area contributed by atoms with E-state index in [1.165, 1.54) is 6.07 Å². The van der Waals surface area contributed by atoms with Crippen LogP contribution in [-0.4, -0.2) is 30.4 Å². The van der Waals surface area contributed by atoms with Crippen LogP contribution in [0.25, 0.3) is 10.8 Å². The van der Waals surface area contributed by atoms with Crippen LogP contribution in [0.5, 0.6) is 0 Å². The molecule has 1 amide bonds. The van der Waals surface area contributed by atoms with Crippen molar-refractivity contribution in [3.63, 3.8) is 0 Å². The molecule has 0 unspecified atom stereocenters. The van der Waals surface area contributed by atoms with Gasteiger partial charge in [-0.15, -0.1) is 4.68 Å². The Balaban J connectivity index is 1.45. The van der Waals surface area contributed by atoms with Crippen LogP contribution in [-0.2, 0) is 17.9 Å². The summed E-state index contributed by atoms with van der Waals surface area (Å²) in [7, 11) is 0. The number of fused-ring (bicyclic) bond motifs is 1. The fraction of sp³-hybridized carbons (Fsp3) is 0.150. The molecule has 0 aliphatic carbocycles. The van der Waals surface area contributed by atoms with E-state index in [1.807, 2.05) is 24.3 Å². The van der Waals surface area contributed by atoms with Crippen LogP contribution in [0.4, 0.5) is 11.6 Å². The predicted molar refractivity (Wildman–Crippen MR) is 108 cm³/mol. The number of aromatic nitrogens is 4. The smallest absolute Gasteiger partial charge is 0.345 e. The third-order valence-corrected chi connectivity index (χ3v) is 4.48. The lowest BCUT2D eigenvalue weighted by atomic mass is 10.0. The van der Waals surface area contributed by atoms with E-state index in [9.17, 15) is 14.9 Å². The largest absolute Gasteiger partial charge is 0.358 e. The molecule has 29 heavy (non-hydrogen) atoms. The summed E-state index contributed by atoms with van der Waals surface area (Å²) in [4.78, 5) is 22.7. The molecule has 2 aromatic carbocycles. The van der Waals surface area contributed by atoms with E-state index in [4.69, 9.17) is 0 Å². The Labute approximate surface area is 165 Å². The van der Waals surface area contributed by atoms with Crippen LogP contribution in [0.1, 0.15) is 11.3 Å². The second-order valence-electron chi connectivity index (χ2n) is 6.64. The first-order chi connectivity index (χ1) is 14.0. The van der Waals surface area contributed by atoms with E-state index >= 15 is 0 Å². The zero-order valence-electron chi connectivity index (χ0n) is 15.6. The first kappa shape index (κ1) is 18.4. The standard InChI is InChI=1S/C20H18N6O3/c1-14-11-20(26(28)29)25(22-14)13-19(27)21-18-9-10-24(23-18)12-16-7-4-6-15-5-2-3-8-17(15)16/h2-11H,12-13H2,1H3,(H,21,23,27). The van der Waals surface area contributed by atoms with Crippen molar-refractivity contribution < 1.29 is 9.72 Å². The lowest BCUT2D eigenvalue weighted by molar-refractivity contribution is -0.392. The summed E-state index contributed by atoms with van der Waals surface area (Å²) in [5, 5.41) is 24.4. The van der Waals surface area contributed by atoms with Gasteiger partial charge in [-0.2, -0.15) is 5.10 Å².